The summed E-state index contributed by atoms with van der Waals surface area (Å²) in [7, 11) is 1.53. The van der Waals surface area contributed by atoms with Crippen molar-refractivity contribution in [2.75, 3.05) is 13.7 Å². The molecule has 0 spiro atoms. The molecule has 1 aliphatic heterocycles. The number of rotatable bonds is 6. The first kappa shape index (κ1) is 23.3. The van der Waals surface area contributed by atoms with Crippen molar-refractivity contribution >= 4 is 5.78 Å². The third-order valence-electron chi connectivity index (χ3n) is 5.55. The Hall–Kier alpha value is -3.41. The molecule has 170 valence electrons. The molecule has 2 aromatic rings. The lowest BCUT2D eigenvalue weighted by Gasteiger charge is -2.28. The molecule has 1 heterocycles. The Bertz CT molecular complexity index is 1100. The number of aromatic hydroxyl groups is 3. The first-order valence-electron chi connectivity index (χ1n) is 10.5. The van der Waals surface area contributed by atoms with E-state index < -0.39 is 5.92 Å². The van der Waals surface area contributed by atoms with Crippen molar-refractivity contribution in [2.45, 2.75) is 46.5 Å². The highest BCUT2D eigenvalue weighted by Gasteiger charge is 2.36. The van der Waals surface area contributed by atoms with Gasteiger partial charge in [-0.3, -0.25) is 4.79 Å². The number of methoxy groups -OCH3 is 1. The van der Waals surface area contributed by atoms with Crippen molar-refractivity contribution in [3.63, 3.8) is 0 Å². The van der Waals surface area contributed by atoms with Crippen LogP contribution in [0.15, 0.2) is 41.5 Å². The molecule has 1 atom stereocenters. The van der Waals surface area contributed by atoms with Crippen LogP contribution in [0.4, 0.5) is 0 Å². The highest BCUT2D eigenvalue weighted by Crippen LogP contribution is 2.46. The molecule has 2 aromatic carbocycles. The van der Waals surface area contributed by atoms with Gasteiger partial charge in [-0.1, -0.05) is 23.3 Å². The van der Waals surface area contributed by atoms with Crippen LogP contribution in [-0.4, -0.2) is 34.8 Å². The molecule has 32 heavy (non-hydrogen) atoms. The predicted octanol–water partition coefficient (Wildman–Crippen LogP) is 5.19. The molecule has 3 rings (SSSR count). The zero-order valence-electron chi connectivity index (χ0n) is 19.2. The van der Waals surface area contributed by atoms with Crippen LogP contribution in [0.2, 0.25) is 0 Å². The van der Waals surface area contributed by atoms with Crippen LogP contribution in [0.1, 0.15) is 60.7 Å². The summed E-state index contributed by atoms with van der Waals surface area (Å²) in [5.74, 6) is -0.978. The Morgan fingerprint density at radius 1 is 1.00 bits per heavy atom. The van der Waals surface area contributed by atoms with Crippen molar-refractivity contribution in [3.8, 4) is 28.7 Å². The van der Waals surface area contributed by atoms with Crippen LogP contribution in [0, 0.1) is 0 Å². The standard InChI is InChI=1S/C26H30O6/c1-14(2)6-8-16-10-18(21(28)12-23(16)31-5)19-13-32-26-17(9-7-15(3)4)20(27)11-22(29)24(26)25(19)30/h6-7,10-12,19,27-29H,8-9,13H2,1-5H3/t19-/m1/s1. The Morgan fingerprint density at radius 2 is 1.66 bits per heavy atom. The minimum atomic E-state index is -0.800. The smallest absolute Gasteiger partial charge is 0.181 e. The number of carbonyl (C=O) groups excluding carboxylic acids is 1. The van der Waals surface area contributed by atoms with Gasteiger partial charge in [0.05, 0.1) is 13.0 Å². The van der Waals surface area contributed by atoms with Gasteiger partial charge in [0.25, 0.3) is 0 Å². The monoisotopic (exact) mass is 438 g/mol. The van der Waals surface area contributed by atoms with Crippen molar-refractivity contribution in [3.05, 3.63) is 63.8 Å². The summed E-state index contributed by atoms with van der Waals surface area (Å²) in [4.78, 5) is 13.4. The van der Waals surface area contributed by atoms with Gasteiger partial charge in [-0.15, -0.1) is 0 Å². The van der Waals surface area contributed by atoms with Gasteiger partial charge in [0.2, 0.25) is 0 Å². The second kappa shape index (κ2) is 9.39. The Kier molecular flexibility index (Phi) is 6.82. The van der Waals surface area contributed by atoms with Crippen molar-refractivity contribution in [1.82, 2.24) is 0 Å². The average Bonchev–Trinajstić information content (AvgIpc) is 2.72. The summed E-state index contributed by atoms with van der Waals surface area (Å²) in [6, 6.07) is 4.43. The van der Waals surface area contributed by atoms with E-state index in [1.807, 2.05) is 39.8 Å². The average molecular weight is 439 g/mol. The Morgan fingerprint density at radius 3 is 2.28 bits per heavy atom. The minimum Gasteiger partial charge on any atom is -0.508 e. The molecule has 6 nitrogen and oxygen atoms in total. The fourth-order valence-electron chi connectivity index (χ4n) is 3.80. The normalized spacial score (nSPS) is 14.9. The van der Waals surface area contributed by atoms with Crippen LogP contribution < -0.4 is 9.47 Å². The van der Waals surface area contributed by atoms with Gasteiger partial charge >= 0.3 is 0 Å². The number of hydrogen-bond acceptors (Lipinski definition) is 6. The number of allylic oxidation sites excluding steroid dienone is 4. The van der Waals surface area contributed by atoms with Gasteiger partial charge < -0.3 is 24.8 Å². The van der Waals surface area contributed by atoms with Gasteiger partial charge in [-0.2, -0.15) is 0 Å². The third kappa shape index (κ3) is 4.59. The van der Waals surface area contributed by atoms with Gasteiger partial charge in [-0.25, -0.2) is 0 Å². The summed E-state index contributed by atoms with van der Waals surface area (Å²) >= 11 is 0. The maximum Gasteiger partial charge on any atom is 0.181 e. The quantitative estimate of drug-likeness (QED) is 0.537. The highest BCUT2D eigenvalue weighted by molar-refractivity contribution is 6.07. The maximum absolute atomic E-state index is 13.4. The van der Waals surface area contributed by atoms with E-state index in [0.29, 0.717) is 29.7 Å². The lowest BCUT2D eigenvalue weighted by atomic mass is 9.85. The molecule has 1 aliphatic rings. The van der Waals surface area contributed by atoms with E-state index in [9.17, 15) is 20.1 Å². The number of phenols is 3. The zero-order chi connectivity index (χ0) is 23.6. The number of phenolic OH excluding ortho intramolecular Hbond substituents is 3. The number of benzene rings is 2. The molecule has 0 saturated carbocycles. The predicted molar refractivity (Wildman–Crippen MR) is 123 cm³/mol. The molecular weight excluding hydrogens is 408 g/mol. The molecule has 0 aromatic heterocycles. The maximum atomic E-state index is 13.4. The molecule has 0 bridgehead atoms. The van der Waals surface area contributed by atoms with Crippen LogP contribution in [0.3, 0.4) is 0 Å². The molecule has 6 heteroatoms. The van der Waals surface area contributed by atoms with Crippen LogP contribution in [0.25, 0.3) is 0 Å². The summed E-state index contributed by atoms with van der Waals surface area (Å²) in [6.07, 6.45) is 4.91. The number of Topliss-reactive ketones (excluding diaryl/α,β-unsaturated/α-hetero) is 1. The molecule has 0 unspecified atom stereocenters. The van der Waals surface area contributed by atoms with Gasteiger partial charge in [0.15, 0.2) is 5.78 Å². The van der Waals surface area contributed by atoms with E-state index in [-0.39, 0.29) is 41.0 Å². The topological polar surface area (TPSA) is 96.2 Å². The van der Waals surface area contributed by atoms with Crippen molar-refractivity contribution in [1.29, 1.82) is 0 Å². The van der Waals surface area contributed by atoms with E-state index in [1.165, 1.54) is 19.2 Å². The molecule has 0 saturated heterocycles. The summed E-state index contributed by atoms with van der Waals surface area (Å²) < 4.78 is 11.3. The molecule has 0 amide bonds. The largest absolute Gasteiger partial charge is 0.508 e. The van der Waals surface area contributed by atoms with Gasteiger partial charge in [0.1, 0.15) is 40.9 Å². The first-order chi connectivity index (χ1) is 15.1. The summed E-state index contributed by atoms with van der Waals surface area (Å²) in [5.41, 5.74) is 3.92. The van der Waals surface area contributed by atoms with Gasteiger partial charge in [-0.05, 0) is 52.2 Å². The second-order valence-corrected chi connectivity index (χ2v) is 8.52. The minimum absolute atomic E-state index is 0.0154. The molecule has 3 N–H and O–H groups in total. The lowest BCUT2D eigenvalue weighted by molar-refractivity contribution is 0.0888. The van der Waals surface area contributed by atoms with E-state index in [4.69, 9.17) is 9.47 Å². The summed E-state index contributed by atoms with van der Waals surface area (Å²) in [6.45, 7) is 7.84. The second-order valence-electron chi connectivity index (χ2n) is 8.52. The Labute approximate surface area is 188 Å². The SMILES string of the molecule is COc1cc(O)c([C@H]2COc3c(CC=C(C)C)c(O)cc(O)c3C2=O)cc1CC=C(C)C. The van der Waals surface area contributed by atoms with E-state index >= 15 is 0 Å². The fourth-order valence-corrected chi connectivity index (χ4v) is 3.80. The number of hydrogen-bond donors (Lipinski definition) is 3. The summed E-state index contributed by atoms with van der Waals surface area (Å²) in [5, 5.41) is 31.4. The number of carbonyl (C=O) groups is 1. The van der Waals surface area contributed by atoms with E-state index in [2.05, 4.69) is 0 Å². The first-order valence-corrected chi connectivity index (χ1v) is 10.5. The fraction of sp³-hybridized carbons (Fsp3) is 0.346. The number of ether oxygens (including phenoxy) is 2. The molecule has 0 fully saturated rings. The number of ketones is 1. The molecular formula is C26H30O6. The molecule has 0 radical (unpaired) electrons. The molecule has 0 aliphatic carbocycles. The zero-order valence-corrected chi connectivity index (χ0v) is 19.2. The van der Waals surface area contributed by atoms with E-state index in [0.717, 1.165) is 16.7 Å². The highest BCUT2D eigenvalue weighted by atomic mass is 16.5. The van der Waals surface area contributed by atoms with Crippen molar-refractivity contribution < 1.29 is 29.6 Å². The van der Waals surface area contributed by atoms with Crippen LogP contribution in [0.5, 0.6) is 28.7 Å². The lowest BCUT2D eigenvalue weighted by Crippen LogP contribution is -2.27. The number of fused-ring (bicyclic) bond motifs is 1. The third-order valence-corrected chi connectivity index (χ3v) is 5.55. The van der Waals surface area contributed by atoms with Crippen molar-refractivity contribution in [2.24, 2.45) is 0 Å². The van der Waals surface area contributed by atoms with E-state index in [1.54, 1.807) is 6.07 Å². The Balaban J connectivity index is 2.07. The van der Waals surface area contributed by atoms with Crippen LogP contribution in [-0.2, 0) is 12.8 Å². The van der Waals surface area contributed by atoms with Gasteiger partial charge in [0, 0.05) is 23.3 Å². The van der Waals surface area contributed by atoms with Crippen LogP contribution >= 0.6 is 0 Å².